The van der Waals surface area contributed by atoms with Crippen molar-refractivity contribution in [2.24, 2.45) is 0 Å². The van der Waals surface area contributed by atoms with Crippen LogP contribution in [0.2, 0.25) is 0 Å². The number of hydrogen-bond acceptors (Lipinski definition) is 3. The molecule has 2 aromatic carbocycles. The van der Waals surface area contributed by atoms with Crippen LogP contribution in [-0.2, 0) is 9.78 Å². The smallest absolute Gasteiger partial charge is 0.121 e. The summed E-state index contributed by atoms with van der Waals surface area (Å²) in [6.07, 6.45) is 0.886. The van der Waals surface area contributed by atoms with Gasteiger partial charge in [-0.05, 0) is 23.3 Å². The molecular weight excluding hydrogens is 250 g/mol. The first-order chi connectivity index (χ1) is 9.74. The number of hydrogen-bond donors (Lipinski definition) is 0. The van der Waals surface area contributed by atoms with E-state index in [0.29, 0.717) is 0 Å². The van der Waals surface area contributed by atoms with E-state index < -0.39 is 0 Å². The fourth-order valence-electron chi connectivity index (χ4n) is 2.45. The van der Waals surface area contributed by atoms with Crippen LogP contribution in [0.3, 0.4) is 0 Å². The molecule has 0 N–H and O–H groups in total. The zero-order chi connectivity index (χ0) is 13.9. The van der Waals surface area contributed by atoms with Gasteiger partial charge in [0, 0.05) is 26.2 Å². The Morgan fingerprint density at radius 2 is 1.35 bits per heavy atom. The molecule has 1 fully saturated rings. The monoisotopic (exact) mass is 269 g/mol. The average Bonchev–Trinajstić information content (AvgIpc) is 2.98. The highest BCUT2D eigenvalue weighted by molar-refractivity contribution is 5.46. The second-order valence-corrected chi connectivity index (χ2v) is 5.30. The minimum atomic E-state index is 0.0106. The standard InChI is InChI=1S/C17H19NO2/c1-18(2)15-10-8-14(9-11-15)17-12-16(19-20-17)13-6-4-3-5-7-13/h3-11,16-17H,12H2,1-2H3/t16?,17-/m0/s1. The van der Waals surface area contributed by atoms with Gasteiger partial charge in [0.25, 0.3) is 0 Å². The van der Waals surface area contributed by atoms with Crippen LogP contribution in [0.25, 0.3) is 0 Å². The first-order valence-electron chi connectivity index (χ1n) is 6.88. The van der Waals surface area contributed by atoms with Crippen LogP contribution < -0.4 is 4.90 Å². The Bertz CT molecular complexity index is 551. The van der Waals surface area contributed by atoms with Crippen molar-refractivity contribution in [3.63, 3.8) is 0 Å². The molecule has 20 heavy (non-hydrogen) atoms. The van der Waals surface area contributed by atoms with E-state index >= 15 is 0 Å². The Balaban J connectivity index is 1.71. The number of benzene rings is 2. The van der Waals surface area contributed by atoms with Crippen LogP contribution in [0.15, 0.2) is 54.6 Å². The lowest BCUT2D eigenvalue weighted by atomic mass is 9.99. The van der Waals surface area contributed by atoms with Crippen molar-refractivity contribution in [1.29, 1.82) is 0 Å². The van der Waals surface area contributed by atoms with Crippen molar-refractivity contribution in [2.45, 2.75) is 18.6 Å². The van der Waals surface area contributed by atoms with Crippen LogP contribution in [0, 0.1) is 0 Å². The molecule has 104 valence electrons. The van der Waals surface area contributed by atoms with E-state index in [1.165, 1.54) is 11.3 Å². The van der Waals surface area contributed by atoms with Crippen molar-refractivity contribution in [3.8, 4) is 0 Å². The summed E-state index contributed by atoms with van der Waals surface area (Å²) in [5, 5.41) is 0. The second kappa shape index (κ2) is 5.65. The molecule has 2 aromatic rings. The molecule has 0 saturated carbocycles. The Kier molecular flexibility index (Phi) is 3.72. The van der Waals surface area contributed by atoms with E-state index in [9.17, 15) is 0 Å². The molecular formula is C17H19NO2. The molecule has 0 amide bonds. The lowest BCUT2D eigenvalue weighted by Crippen LogP contribution is -2.08. The van der Waals surface area contributed by atoms with Crippen molar-refractivity contribution < 1.29 is 9.78 Å². The summed E-state index contributed by atoms with van der Waals surface area (Å²) >= 11 is 0. The van der Waals surface area contributed by atoms with Crippen LogP contribution in [-0.4, -0.2) is 14.1 Å². The van der Waals surface area contributed by atoms with E-state index in [1.807, 2.05) is 32.3 Å². The summed E-state index contributed by atoms with van der Waals surface area (Å²) in [6, 6.07) is 18.6. The van der Waals surface area contributed by atoms with Gasteiger partial charge in [-0.2, -0.15) is 0 Å². The summed E-state index contributed by atoms with van der Waals surface area (Å²) in [6.45, 7) is 0. The van der Waals surface area contributed by atoms with Crippen molar-refractivity contribution in [1.82, 2.24) is 0 Å². The van der Waals surface area contributed by atoms with E-state index in [4.69, 9.17) is 9.78 Å². The normalized spacial score (nSPS) is 21.9. The van der Waals surface area contributed by atoms with Crippen molar-refractivity contribution in [3.05, 3.63) is 65.7 Å². The molecule has 0 bridgehead atoms. The first-order valence-corrected chi connectivity index (χ1v) is 6.88. The minimum Gasteiger partial charge on any atom is -0.378 e. The predicted molar refractivity (Wildman–Crippen MR) is 79.5 cm³/mol. The van der Waals surface area contributed by atoms with Gasteiger partial charge in [0.1, 0.15) is 12.2 Å². The van der Waals surface area contributed by atoms with Crippen LogP contribution in [0.5, 0.6) is 0 Å². The number of nitrogens with zero attached hydrogens (tertiary/aromatic N) is 1. The molecule has 0 aromatic heterocycles. The SMILES string of the molecule is CN(C)c1ccc([C@@H]2CC(c3ccccc3)OO2)cc1. The average molecular weight is 269 g/mol. The summed E-state index contributed by atoms with van der Waals surface area (Å²) in [5.41, 5.74) is 3.52. The van der Waals surface area contributed by atoms with Crippen LogP contribution >= 0.6 is 0 Å². The Morgan fingerprint density at radius 3 is 1.90 bits per heavy atom. The Hall–Kier alpha value is -1.84. The molecule has 0 spiro atoms. The molecule has 0 aliphatic carbocycles. The van der Waals surface area contributed by atoms with Crippen LogP contribution in [0.4, 0.5) is 5.69 Å². The second-order valence-electron chi connectivity index (χ2n) is 5.30. The molecule has 3 heteroatoms. The maximum atomic E-state index is 5.49. The zero-order valence-corrected chi connectivity index (χ0v) is 11.8. The first kappa shape index (κ1) is 13.2. The maximum Gasteiger partial charge on any atom is 0.121 e. The van der Waals surface area contributed by atoms with Gasteiger partial charge in [-0.3, -0.25) is 0 Å². The minimum absolute atomic E-state index is 0.0106. The van der Waals surface area contributed by atoms with Gasteiger partial charge in [-0.25, -0.2) is 9.78 Å². The van der Waals surface area contributed by atoms with Gasteiger partial charge in [0.05, 0.1) is 0 Å². The lowest BCUT2D eigenvalue weighted by Gasteiger charge is -2.14. The third-order valence-corrected chi connectivity index (χ3v) is 3.67. The predicted octanol–water partition coefficient (Wildman–Crippen LogP) is 3.89. The fourth-order valence-corrected chi connectivity index (χ4v) is 2.45. The van der Waals surface area contributed by atoms with Gasteiger partial charge >= 0.3 is 0 Å². The third kappa shape index (κ3) is 2.69. The number of anilines is 1. The zero-order valence-electron chi connectivity index (χ0n) is 11.8. The van der Waals surface area contributed by atoms with Gasteiger partial charge < -0.3 is 4.90 Å². The molecule has 3 nitrogen and oxygen atoms in total. The summed E-state index contributed by atoms with van der Waals surface area (Å²) in [7, 11) is 4.07. The van der Waals surface area contributed by atoms with Gasteiger partial charge in [-0.15, -0.1) is 0 Å². The molecule has 3 rings (SSSR count). The molecule has 0 radical (unpaired) electrons. The van der Waals surface area contributed by atoms with Crippen molar-refractivity contribution in [2.75, 3.05) is 19.0 Å². The molecule has 2 atom stereocenters. The van der Waals surface area contributed by atoms with E-state index in [1.54, 1.807) is 0 Å². The maximum absolute atomic E-state index is 5.49. The highest BCUT2D eigenvalue weighted by Gasteiger charge is 2.29. The van der Waals surface area contributed by atoms with Crippen molar-refractivity contribution >= 4 is 5.69 Å². The fraction of sp³-hybridized carbons (Fsp3) is 0.294. The van der Waals surface area contributed by atoms with Crippen LogP contribution in [0.1, 0.15) is 29.8 Å². The number of rotatable bonds is 3. The van der Waals surface area contributed by atoms with E-state index in [2.05, 4.69) is 41.3 Å². The Labute approximate surface area is 119 Å². The molecule has 1 aliphatic rings. The quantitative estimate of drug-likeness (QED) is 0.789. The van der Waals surface area contributed by atoms with Gasteiger partial charge in [0.15, 0.2) is 0 Å². The summed E-state index contributed by atoms with van der Waals surface area (Å²) in [4.78, 5) is 13.1. The van der Waals surface area contributed by atoms with Gasteiger partial charge in [0.2, 0.25) is 0 Å². The molecule has 1 heterocycles. The molecule has 1 saturated heterocycles. The highest BCUT2D eigenvalue weighted by atomic mass is 17.2. The summed E-state index contributed by atoms with van der Waals surface area (Å²) in [5.74, 6) is 0. The largest absolute Gasteiger partial charge is 0.378 e. The van der Waals surface area contributed by atoms with Gasteiger partial charge in [-0.1, -0.05) is 42.5 Å². The highest BCUT2D eigenvalue weighted by Crippen LogP contribution is 2.39. The summed E-state index contributed by atoms with van der Waals surface area (Å²) < 4.78 is 0. The third-order valence-electron chi connectivity index (χ3n) is 3.67. The topological polar surface area (TPSA) is 21.7 Å². The van der Waals surface area contributed by atoms with E-state index in [-0.39, 0.29) is 12.2 Å². The molecule has 1 aliphatic heterocycles. The lowest BCUT2D eigenvalue weighted by molar-refractivity contribution is -0.300. The molecule has 1 unspecified atom stereocenters. The van der Waals surface area contributed by atoms with E-state index in [0.717, 1.165) is 12.0 Å². The Morgan fingerprint density at radius 1 is 0.800 bits per heavy atom.